The lowest BCUT2D eigenvalue weighted by molar-refractivity contribution is 0.00985. The molecule has 0 aliphatic carbocycles. The van der Waals surface area contributed by atoms with Crippen molar-refractivity contribution in [3.8, 4) is 0 Å². The minimum Gasteiger partial charge on any atom is -0.379 e. The van der Waals surface area contributed by atoms with Gasteiger partial charge in [0, 0.05) is 13.2 Å². The van der Waals surface area contributed by atoms with E-state index in [-0.39, 0.29) is 5.60 Å². The number of hydrogen-bond donors (Lipinski definition) is 1. The smallest absolute Gasteiger partial charge is 0.0623 e. The van der Waals surface area contributed by atoms with E-state index < -0.39 is 0 Å². The van der Waals surface area contributed by atoms with Crippen LogP contribution in [0, 0.1) is 5.92 Å². The van der Waals surface area contributed by atoms with Crippen molar-refractivity contribution in [1.29, 1.82) is 0 Å². The summed E-state index contributed by atoms with van der Waals surface area (Å²) < 4.78 is 5.56. The van der Waals surface area contributed by atoms with Crippen LogP contribution in [-0.2, 0) is 4.74 Å². The molecule has 0 bridgehead atoms. The lowest BCUT2D eigenvalue weighted by Crippen LogP contribution is -2.38. The summed E-state index contributed by atoms with van der Waals surface area (Å²) in [5.41, 5.74) is 0.00905. The van der Waals surface area contributed by atoms with Crippen molar-refractivity contribution in [2.45, 2.75) is 91.2 Å². The predicted octanol–water partition coefficient (Wildman–Crippen LogP) is 4.78. The molecule has 1 N–H and O–H groups in total. The molecule has 19 heavy (non-hydrogen) atoms. The third-order valence-electron chi connectivity index (χ3n) is 4.15. The van der Waals surface area contributed by atoms with Crippen molar-refractivity contribution in [3.05, 3.63) is 0 Å². The first kappa shape index (κ1) is 18.9. The van der Waals surface area contributed by atoms with Gasteiger partial charge in [-0.25, -0.2) is 0 Å². The molecule has 116 valence electrons. The predicted molar refractivity (Wildman–Crippen MR) is 85.7 cm³/mol. The van der Waals surface area contributed by atoms with Crippen LogP contribution in [0.2, 0.25) is 0 Å². The summed E-state index contributed by atoms with van der Waals surface area (Å²) in [6.45, 7) is 12.4. The zero-order chi connectivity index (χ0) is 14.7. The van der Waals surface area contributed by atoms with Gasteiger partial charge in [0.05, 0.1) is 5.60 Å². The Hall–Kier alpha value is -0.0800. The van der Waals surface area contributed by atoms with Gasteiger partial charge in [0.2, 0.25) is 0 Å². The monoisotopic (exact) mass is 271 g/mol. The molecule has 0 amide bonds. The van der Waals surface area contributed by atoms with Gasteiger partial charge in [-0.05, 0) is 58.4 Å². The molecule has 2 nitrogen and oxygen atoms in total. The van der Waals surface area contributed by atoms with Gasteiger partial charge in [-0.2, -0.15) is 0 Å². The van der Waals surface area contributed by atoms with Crippen LogP contribution in [0.4, 0.5) is 0 Å². The quantitative estimate of drug-likeness (QED) is 0.552. The fraction of sp³-hybridized carbons (Fsp3) is 1.00. The van der Waals surface area contributed by atoms with E-state index in [1.807, 2.05) is 7.11 Å². The minimum atomic E-state index is 0.00905. The first-order chi connectivity index (χ1) is 9.00. The lowest BCUT2D eigenvalue weighted by Gasteiger charge is -2.31. The van der Waals surface area contributed by atoms with Crippen molar-refractivity contribution < 1.29 is 4.74 Å². The molecule has 0 radical (unpaired) electrons. The Labute approximate surface area is 121 Å². The second-order valence-electron chi connectivity index (χ2n) is 6.40. The summed E-state index contributed by atoms with van der Waals surface area (Å²) in [4.78, 5) is 0. The van der Waals surface area contributed by atoms with Crippen LogP contribution in [0.25, 0.3) is 0 Å². The second kappa shape index (κ2) is 10.7. The van der Waals surface area contributed by atoms with Crippen LogP contribution in [-0.4, -0.2) is 25.3 Å². The minimum absolute atomic E-state index is 0.00905. The molecule has 0 aromatic heterocycles. The van der Waals surface area contributed by atoms with Crippen LogP contribution in [0.1, 0.15) is 79.6 Å². The van der Waals surface area contributed by atoms with Gasteiger partial charge < -0.3 is 10.1 Å². The number of methoxy groups -OCH3 is 1. The van der Waals surface area contributed by atoms with Crippen molar-refractivity contribution >= 4 is 0 Å². The van der Waals surface area contributed by atoms with Crippen LogP contribution in [0.15, 0.2) is 0 Å². The average Bonchev–Trinajstić information content (AvgIpc) is 2.39. The van der Waals surface area contributed by atoms with Gasteiger partial charge in [0.15, 0.2) is 0 Å². The van der Waals surface area contributed by atoms with Crippen LogP contribution >= 0.6 is 0 Å². The summed E-state index contributed by atoms with van der Waals surface area (Å²) in [5.74, 6) is 0.828. The average molecular weight is 271 g/mol. The Morgan fingerprint density at radius 2 is 1.53 bits per heavy atom. The summed E-state index contributed by atoms with van der Waals surface area (Å²) in [5, 5.41) is 3.78. The van der Waals surface area contributed by atoms with Crippen molar-refractivity contribution in [3.63, 3.8) is 0 Å². The SMILES string of the molecule is CCCNC(CCC(C)(C)OC)C(CCC)CCC. The van der Waals surface area contributed by atoms with E-state index in [0.29, 0.717) is 6.04 Å². The Morgan fingerprint density at radius 3 is 1.95 bits per heavy atom. The molecule has 0 spiro atoms. The summed E-state index contributed by atoms with van der Waals surface area (Å²) in [7, 11) is 1.82. The lowest BCUT2D eigenvalue weighted by atomic mass is 9.85. The van der Waals surface area contributed by atoms with E-state index in [1.54, 1.807) is 0 Å². The molecule has 2 heteroatoms. The molecule has 0 rings (SSSR count). The summed E-state index contributed by atoms with van der Waals surface area (Å²) >= 11 is 0. The molecule has 0 fully saturated rings. The Morgan fingerprint density at radius 1 is 0.947 bits per heavy atom. The highest BCUT2D eigenvalue weighted by atomic mass is 16.5. The molecule has 0 saturated carbocycles. The molecule has 0 aromatic carbocycles. The molecule has 0 saturated heterocycles. The van der Waals surface area contributed by atoms with Gasteiger partial charge in [-0.3, -0.25) is 0 Å². The molecular weight excluding hydrogens is 234 g/mol. The summed E-state index contributed by atoms with van der Waals surface area (Å²) in [6.07, 6.45) is 8.87. The van der Waals surface area contributed by atoms with Gasteiger partial charge >= 0.3 is 0 Å². The Balaban J connectivity index is 4.47. The second-order valence-corrected chi connectivity index (χ2v) is 6.40. The molecule has 1 atom stereocenters. The fourth-order valence-corrected chi connectivity index (χ4v) is 2.73. The maximum atomic E-state index is 5.56. The van der Waals surface area contributed by atoms with Crippen LogP contribution < -0.4 is 5.32 Å². The first-order valence-corrected chi connectivity index (χ1v) is 8.29. The van der Waals surface area contributed by atoms with E-state index in [0.717, 1.165) is 18.9 Å². The fourth-order valence-electron chi connectivity index (χ4n) is 2.73. The van der Waals surface area contributed by atoms with E-state index in [9.17, 15) is 0 Å². The topological polar surface area (TPSA) is 21.3 Å². The van der Waals surface area contributed by atoms with Crippen molar-refractivity contribution in [1.82, 2.24) is 5.32 Å². The highest BCUT2D eigenvalue weighted by Gasteiger charge is 2.23. The molecule has 0 heterocycles. The number of nitrogens with one attached hydrogen (secondary N) is 1. The van der Waals surface area contributed by atoms with Gasteiger partial charge in [-0.1, -0.05) is 33.6 Å². The molecule has 0 aliphatic heterocycles. The van der Waals surface area contributed by atoms with Crippen LogP contribution in [0.5, 0.6) is 0 Å². The normalized spacial score (nSPS) is 14.1. The molecule has 0 aromatic rings. The standard InChI is InChI=1S/C17H37NO/c1-7-10-15(11-8-2)16(18-14-9-3)12-13-17(4,5)19-6/h15-16,18H,7-14H2,1-6H3. The highest BCUT2D eigenvalue weighted by molar-refractivity contribution is 4.80. The van der Waals surface area contributed by atoms with Crippen molar-refractivity contribution in [2.75, 3.05) is 13.7 Å². The van der Waals surface area contributed by atoms with Gasteiger partial charge in [0.1, 0.15) is 0 Å². The van der Waals surface area contributed by atoms with Crippen molar-refractivity contribution in [2.24, 2.45) is 5.92 Å². The first-order valence-electron chi connectivity index (χ1n) is 8.29. The van der Waals surface area contributed by atoms with E-state index in [1.165, 1.54) is 38.5 Å². The summed E-state index contributed by atoms with van der Waals surface area (Å²) in [6, 6.07) is 0.661. The van der Waals surface area contributed by atoms with Crippen LogP contribution in [0.3, 0.4) is 0 Å². The third-order valence-corrected chi connectivity index (χ3v) is 4.15. The molecule has 1 unspecified atom stereocenters. The molecular formula is C17H37NO. The number of hydrogen-bond acceptors (Lipinski definition) is 2. The van der Waals surface area contributed by atoms with E-state index in [4.69, 9.17) is 4.74 Å². The Bertz CT molecular complexity index is 197. The van der Waals surface area contributed by atoms with E-state index >= 15 is 0 Å². The van der Waals surface area contributed by atoms with E-state index in [2.05, 4.69) is 39.9 Å². The maximum Gasteiger partial charge on any atom is 0.0623 e. The largest absolute Gasteiger partial charge is 0.379 e. The number of rotatable bonds is 12. The molecule has 0 aliphatic rings. The number of ether oxygens (including phenoxy) is 1. The zero-order valence-electron chi connectivity index (χ0n) is 14.2. The third kappa shape index (κ3) is 8.65. The maximum absolute atomic E-state index is 5.56. The highest BCUT2D eigenvalue weighted by Crippen LogP contribution is 2.25. The Kier molecular flexibility index (Phi) is 10.6. The van der Waals surface area contributed by atoms with Gasteiger partial charge in [-0.15, -0.1) is 0 Å². The zero-order valence-corrected chi connectivity index (χ0v) is 14.2. The van der Waals surface area contributed by atoms with Gasteiger partial charge in [0.25, 0.3) is 0 Å².